The Hall–Kier alpha value is -2.47. The normalized spacial score (nSPS) is 11.0. The summed E-state index contributed by atoms with van der Waals surface area (Å²) in [6, 6.07) is 9.09. The third kappa shape index (κ3) is 3.10. The van der Waals surface area contributed by atoms with Gasteiger partial charge in [0.2, 0.25) is 0 Å². The predicted octanol–water partition coefficient (Wildman–Crippen LogP) is 4.21. The molecule has 24 heavy (non-hydrogen) atoms. The third-order valence-corrected chi connectivity index (χ3v) is 4.65. The Kier molecular flexibility index (Phi) is 4.49. The molecule has 0 bridgehead atoms. The number of ketones is 1. The second-order valence-electron chi connectivity index (χ2n) is 5.37. The summed E-state index contributed by atoms with van der Waals surface area (Å²) in [5, 5.41) is 0. The largest absolute Gasteiger partial charge is 0.461 e. The van der Waals surface area contributed by atoms with E-state index in [0.29, 0.717) is 11.3 Å². The van der Waals surface area contributed by atoms with Crippen LogP contribution in [0.3, 0.4) is 0 Å². The van der Waals surface area contributed by atoms with E-state index >= 15 is 0 Å². The molecule has 0 saturated heterocycles. The molecule has 4 nitrogen and oxygen atoms in total. The van der Waals surface area contributed by atoms with Crippen molar-refractivity contribution >= 4 is 33.3 Å². The summed E-state index contributed by atoms with van der Waals surface area (Å²) in [6.07, 6.45) is 0. The SMILES string of the molecule is CCOC(=O)c1cc2sc(C)cc2n1CC(=O)c1ccc(F)cc1. The third-order valence-electron chi connectivity index (χ3n) is 3.67. The summed E-state index contributed by atoms with van der Waals surface area (Å²) in [5.74, 6) is -1.04. The van der Waals surface area contributed by atoms with Gasteiger partial charge in [-0.3, -0.25) is 4.79 Å². The van der Waals surface area contributed by atoms with Crippen LogP contribution in [0.2, 0.25) is 0 Å². The van der Waals surface area contributed by atoms with Crippen molar-refractivity contribution in [3.8, 4) is 0 Å². The molecule has 0 N–H and O–H groups in total. The first-order valence-corrected chi connectivity index (χ1v) is 8.36. The molecule has 0 aliphatic rings. The lowest BCUT2D eigenvalue weighted by Gasteiger charge is -2.09. The average Bonchev–Trinajstić information content (AvgIpc) is 3.05. The van der Waals surface area contributed by atoms with Crippen molar-refractivity contribution in [1.29, 1.82) is 0 Å². The fourth-order valence-corrected chi connectivity index (χ4v) is 3.54. The number of benzene rings is 1. The Morgan fingerprint density at radius 2 is 1.92 bits per heavy atom. The molecule has 3 rings (SSSR count). The number of hydrogen-bond acceptors (Lipinski definition) is 4. The van der Waals surface area contributed by atoms with E-state index in [0.717, 1.165) is 15.1 Å². The number of carbonyl (C=O) groups is 2. The van der Waals surface area contributed by atoms with Gasteiger partial charge in [-0.15, -0.1) is 11.3 Å². The predicted molar refractivity (Wildman–Crippen MR) is 91.2 cm³/mol. The molecule has 0 unspecified atom stereocenters. The van der Waals surface area contributed by atoms with E-state index in [1.807, 2.05) is 13.0 Å². The van der Waals surface area contributed by atoms with Crippen molar-refractivity contribution in [1.82, 2.24) is 4.57 Å². The molecule has 0 spiro atoms. The van der Waals surface area contributed by atoms with Crippen LogP contribution >= 0.6 is 11.3 Å². The van der Waals surface area contributed by atoms with Gasteiger partial charge >= 0.3 is 5.97 Å². The van der Waals surface area contributed by atoms with E-state index in [1.165, 1.54) is 24.3 Å². The lowest BCUT2D eigenvalue weighted by molar-refractivity contribution is 0.0514. The second-order valence-corrected chi connectivity index (χ2v) is 6.66. The number of Topliss-reactive ketones (excluding diaryl/α,β-unsaturated/α-hetero) is 1. The van der Waals surface area contributed by atoms with Crippen molar-refractivity contribution < 1.29 is 18.7 Å². The van der Waals surface area contributed by atoms with Gasteiger partial charge in [0, 0.05) is 10.4 Å². The van der Waals surface area contributed by atoms with Gasteiger partial charge in [-0.1, -0.05) is 0 Å². The summed E-state index contributed by atoms with van der Waals surface area (Å²) >= 11 is 1.56. The topological polar surface area (TPSA) is 48.3 Å². The van der Waals surface area contributed by atoms with Crippen LogP contribution in [0.15, 0.2) is 36.4 Å². The molecule has 0 aliphatic heterocycles. The van der Waals surface area contributed by atoms with Crippen molar-refractivity contribution in [3.63, 3.8) is 0 Å². The number of esters is 1. The number of thiophene rings is 1. The molecule has 0 fully saturated rings. The van der Waals surface area contributed by atoms with E-state index in [-0.39, 0.29) is 18.9 Å². The summed E-state index contributed by atoms with van der Waals surface area (Å²) < 4.78 is 20.7. The van der Waals surface area contributed by atoms with E-state index in [9.17, 15) is 14.0 Å². The molecule has 0 radical (unpaired) electrons. The molecule has 3 aromatic rings. The highest BCUT2D eigenvalue weighted by Gasteiger charge is 2.20. The van der Waals surface area contributed by atoms with Gasteiger partial charge in [0.15, 0.2) is 5.78 Å². The second kappa shape index (κ2) is 6.57. The van der Waals surface area contributed by atoms with Gasteiger partial charge < -0.3 is 9.30 Å². The standard InChI is InChI=1S/C18H16FNO3S/c1-3-23-18(22)15-9-17-14(8-11(2)24-17)20(15)10-16(21)12-4-6-13(19)7-5-12/h4-9H,3,10H2,1-2H3. The number of rotatable bonds is 5. The van der Waals surface area contributed by atoms with E-state index in [2.05, 4.69) is 0 Å². The molecular weight excluding hydrogens is 329 g/mol. The highest BCUT2D eigenvalue weighted by Crippen LogP contribution is 2.29. The smallest absolute Gasteiger partial charge is 0.355 e. The van der Waals surface area contributed by atoms with Gasteiger partial charge in [-0.2, -0.15) is 0 Å². The highest BCUT2D eigenvalue weighted by atomic mass is 32.1. The van der Waals surface area contributed by atoms with Crippen LogP contribution in [0.25, 0.3) is 10.2 Å². The fourth-order valence-electron chi connectivity index (χ4n) is 2.58. The number of halogens is 1. The Labute approximate surface area is 142 Å². The molecule has 124 valence electrons. The molecule has 6 heteroatoms. The van der Waals surface area contributed by atoms with Crippen LogP contribution in [0, 0.1) is 12.7 Å². The van der Waals surface area contributed by atoms with Crippen molar-refractivity contribution in [2.75, 3.05) is 6.61 Å². The summed E-state index contributed by atoms with van der Waals surface area (Å²) in [6.45, 7) is 3.98. The summed E-state index contributed by atoms with van der Waals surface area (Å²) in [7, 11) is 0. The Morgan fingerprint density at radius 1 is 1.21 bits per heavy atom. The van der Waals surface area contributed by atoms with Crippen molar-refractivity contribution in [2.45, 2.75) is 20.4 Å². The molecule has 0 aliphatic carbocycles. The number of hydrogen-bond donors (Lipinski definition) is 0. The van der Waals surface area contributed by atoms with Gasteiger partial charge in [0.1, 0.15) is 11.5 Å². The van der Waals surface area contributed by atoms with Crippen LogP contribution in [0.4, 0.5) is 4.39 Å². The minimum atomic E-state index is -0.453. The number of aryl methyl sites for hydroxylation is 1. The van der Waals surface area contributed by atoms with Crippen LogP contribution in [-0.2, 0) is 11.3 Å². The lowest BCUT2D eigenvalue weighted by atomic mass is 10.1. The van der Waals surface area contributed by atoms with E-state index < -0.39 is 11.8 Å². The van der Waals surface area contributed by atoms with E-state index in [4.69, 9.17) is 4.74 Å². The first-order chi connectivity index (χ1) is 11.5. The van der Waals surface area contributed by atoms with Crippen LogP contribution in [0.1, 0.15) is 32.6 Å². The van der Waals surface area contributed by atoms with Crippen molar-refractivity contribution in [3.05, 3.63) is 58.3 Å². The van der Waals surface area contributed by atoms with Gasteiger partial charge in [0.25, 0.3) is 0 Å². The highest BCUT2D eigenvalue weighted by molar-refractivity contribution is 7.19. The first kappa shape index (κ1) is 16.4. The quantitative estimate of drug-likeness (QED) is 0.514. The van der Waals surface area contributed by atoms with E-state index in [1.54, 1.807) is 28.9 Å². The number of fused-ring (bicyclic) bond motifs is 1. The zero-order valence-electron chi connectivity index (χ0n) is 13.3. The first-order valence-electron chi connectivity index (χ1n) is 7.55. The number of aromatic nitrogens is 1. The van der Waals surface area contributed by atoms with Gasteiger partial charge in [-0.05, 0) is 50.2 Å². The fraction of sp³-hybridized carbons (Fsp3) is 0.222. The zero-order valence-corrected chi connectivity index (χ0v) is 14.2. The van der Waals surface area contributed by atoms with Gasteiger partial charge in [-0.25, -0.2) is 9.18 Å². The van der Waals surface area contributed by atoms with Crippen LogP contribution < -0.4 is 0 Å². The van der Waals surface area contributed by atoms with Crippen LogP contribution in [0.5, 0.6) is 0 Å². The molecule has 1 aromatic carbocycles. The number of ether oxygens (including phenoxy) is 1. The number of carbonyl (C=O) groups excluding carboxylic acids is 2. The maximum atomic E-state index is 13.0. The average molecular weight is 345 g/mol. The maximum Gasteiger partial charge on any atom is 0.355 e. The van der Waals surface area contributed by atoms with Crippen LogP contribution in [-0.4, -0.2) is 22.9 Å². The Balaban J connectivity index is 1.99. The van der Waals surface area contributed by atoms with Gasteiger partial charge in [0.05, 0.1) is 23.4 Å². The molecular formula is C18H16FNO3S. The summed E-state index contributed by atoms with van der Waals surface area (Å²) in [4.78, 5) is 25.8. The number of nitrogens with zero attached hydrogens (tertiary/aromatic N) is 1. The maximum absolute atomic E-state index is 13.0. The Bertz CT molecular complexity index is 908. The minimum Gasteiger partial charge on any atom is -0.461 e. The molecule has 0 atom stereocenters. The molecule has 0 amide bonds. The summed E-state index contributed by atoms with van der Waals surface area (Å²) in [5.41, 5.74) is 1.59. The zero-order chi connectivity index (χ0) is 17.3. The molecule has 0 saturated carbocycles. The minimum absolute atomic E-state index is 0.000542. The van der Waals surface area contributed by atoms with Crippen molar-refractivity contribution in [2.24, 2.45) is 0 Å². The lowest BCUT2D eigenvalue weighted by Crippen LogP contribution is -2.17. The Morgan fingerprint density at radius 3 is 2.58 bits per heavy atom. The molecule has 2 aromatic heterocycles. The monoisotopic (exact) mass is 345 g/mol. The molecule has 2 heterocycles.